The van der Waals surface area contributed by atoms with Gasteiger partial charge in [-0.15, -0.1) is 5.10 Å². The largest absolute Gasteiger partial charge is 0.486 e. The number of ether oxygens (including phenoxy) is 2. The van der Waals surface area contributed by atoms with Gasteiger partial charge in [-0.2, -0.15) is 0 Å². The summed E-state index contributed by atoms with van der Waals surface area (Å²) in [6.45, 7) is 10.4. The maximum absolute atomic E-state index is 11.6. The van der Waals surface area contributed by atoms with E-state index < -0.39 is 0 Å². The Bertz CT molecular complexity index is 693. The fraction of sp³-hybridized carbons (Fsp3) is 0.571. The predicted octanol–water partition coefficient (Wildman–Crippen LogP) is 4.00. The van der Waals surface area contributed by atoms with Gasteiger partial charge in [0.05, 0.1) is 19.3 Å². The number of hydrogen-bond acceptors (Lipinski definition) is 5. The van der Waals surface area contributed by atoms with Gasteiger partial charge in [-0.25, -0.2) is 4.68 Å². The van der Waals surface area contributed by atoms with Crippen LogP contribution < -0.4 is 4.74 Å². The van der Waals surface area contributed by atoms with Crippen LogP contribution in [0.1, 0.15) is 40.5 Å². The number of Topliss-reactive ketones (excluding diaryl/α,β-unsaturated/α-hetero) is 1. The fourth-order valence-electron chi connectivity index (χ4n) is 2.44. The SMILES string of the molecule is CC(C)CCCOCCn1cc(-c2ccc(OCC(=O)C(C)C)cc2)nn1. The van der Waals surface area contributed by atoms with Crippen molar-refractivity contribution < 1.29 is 14.3 Å². The molecule has 6 nitrogen and oxygen atoms in total. The molecule has 148 valence electrons. The van der Waals surface area contributed by atoms with E-state index in [-0.39, 0.29) is 18.3 Å². The van der Waals surface area contributed by atoms with Gasteiger partial charge in [-0.1, -0.05) is 32.9 Å². The molecule has 0 spiro atoms. The second kappa shape index (κ2) is 10.8. The molecule has 0 saturated heterocycles. The molecule has 0 unspecified atom stereocenters. The van der Waals surface area contributed by atoms with Crippen LogP contribution in [-0.2, 0) is 16.1 Å². The standard InChI is InChI=1S/C21H31N3O3/c1-16(2)6-5-12-26-13-11-24-14-20(22-23-24)18-7-9-19(10-8-18)27-15-21(25)17(3)4/h7-10,14,16-17H,5-6,11-13,15H2,1-4H3. The highest BCUT2D eigenvalue weighted by molar-refractivity contribution is 5.81. The Hall–Kier alpha value is -2.21. The third-order valence-corrected chi connectivity index (χ3v) is 4.25. The van der Waals surface area contributed by atoms with Crippen molar-refractivity contribution in [1.82, 2.24) is 15.0 Å². The van der Waals surface area contributed by atoms with E-state index in [1.54, 1.807) is 4.68 Å². The van der Waals surface area contributed by atoms with Gasteiger partial charge in [0.2, 0.25) is 0 Å². The van der Waals surface area contributed by atoms with E-state index >= 15 is 0 Å². The Morgan fingerprint density at radius 3 is 2.52 bits per heavy atom. The first-order valence-electron chi connectivity index (χ1n) is 9.69. The average Bonchev–Trinajstić information content (AvgIpc) is 3.11. The van der Waals surface area contributed by atoms with Crippen molar-refractivity contribution in [3.05, 3.63) is 30.5 Å². The smallest absolute Gasteiger partial charge is 0.172 e. The van der Waals surface area contributed by atoms with Crippen molar-refractivity contribution in [3.8, 4) is 17.0 Å². The van der Waals surface area contributed by atoms with Gasteiger partial charge < -0.3 is 9.47 Å². The van der Waals surface area contributed by atoms with Crippen LogP contribution in [0.5, 0.6) is 5.75 Å². The highest BCUT2D eigenvalue weighted by Gasteiger charge is 2.09. The highest BCUT2D eigenvalue weighted by Crippen LogP contribution is 2.20. The zero-order chi connectivity index (χ0) is 19.6. The van der Waals surface area contributed by atoms with E-state index in [2.05, 4.69) is 24.2 Å². The molecular weight excluding hydrogens is 342 g/mol. The van der Waals surface area contributed by atoms with Gasteiger partial charge in [0.25, 0.3) is 0 Å². The molecule has 27 heavy (non-hydrogen) atoms. The van der Waals surface area contributed by atoms with Crippen molar-refractivity contribution in [2.24, 2.45) is 11.8 Å². The van der Waals surface area contributed by atoms with Crippen LogP contribution in [-0.4, -0.2) is 40.6 Å². The molecule has 0 saturated carbocycles. The molecule has 1 heterocycles. The monoisotopic (exact) mass is 373 g/mol. The molecule has 0 aliphatic rings. The Morgan fingerprint density at radius 2 is 1.85 bits per heavy atom. The van der Waals surface area contributed by atoms with Crippen molar-refractivity contribution in [1.29, 1.82) is 0 Å². The number of ketones is 1. The first kappa shape index (κ1) is 21.1. The summed E-state index contributed by atoms with van der Waals surface area (Å²) in [4.78, 5) is 11.6. The molecule has 0 radical (unpaired) electrons. The topological polar surface area (TPSA) is 66.2 Å². The summed E-state index contributed by atoms with van der Waals surface area (Å²) in [5.41, 5.74) is 1.77. The van der Waals surface area contributed by atoms with E-state index in [0.717, 1.165) is 30.2 Å². The third kappa shape index (κ3) is 7.51. The molecule has 0 aliphatic carbocycles. The van der Waals surface area contributed by atoms with Crippen LogP contribution in [0.15, 0.2) is 30.5 Å². The van der Waals surface area contributed by atoms with Crippen LogP contribution >= 0.6 is 0 Å². The van der Waals surface area contributed by atoms with Gasteiger partial charge in [0.15, 0.2) is 5.78 Å². The number of hydrogen-bond donors (Lipinski definition) is 0. The maximum Gasteiger partial charge on any atom is 0.172 e. The van der Waals surface area contributed by atoms with Crippen molar-refractivity contribution >= 4 is 5.78 Å². The molecule has 0 amide bonds. The summed E-state index contributed by atoms with van der Waals surface area (Å²) >= 11 is 0. The number of benzene rings is 1. The van der Waals surface area contributed by atoms with Crippen LogP contribution in [0.4, 0.5) is 0 Å². The molecule has 1 aromatic carbocycles. The number of rotatable bonds is 12. The molecule has 6 heteroatoms. The van der Waals surface area contributed by atoms with Crippen molar-refractivity contribution in [3.63, 3.8) is 0 Å². The van der Waals surface area contributed by atoms with Crippen LogP contribution in [0, 0.1) is 11.8 Å². The molecule has 0 aliphatic heterocycles. The van der Waals surface area contributed by atoms with Crippen molar-refractivity contribution in [2.45, 2.75) is 47.1 Å². The summed E-state index contributed by atoms with van der Waals surface area (Å²) in [7, 11) is 0. The van der Waals surface area contributed by atoms with E-state index in [1.165, 1.54) is 6.42 Å². The zero-order valence-electron chi connectivity index (χ0n) is 16.9. The summed E-state index contributed by atoms with van der Waals surface area (Å²) in [5.74, 6) is 1.47. The second-order valence-corrected chi connectivity index (χ2v) is 7.45. The minimum absolute atomic E-state index is 0.0153. The Kier molecular flexibility index (Phi) is 8.45. The van der Waals surface area contributed by atoms with Gasteiger partial charge in [0.1, 0.15) is 18.1 Å². The summed E-state index contributed by atoms with van der Waals surface area (Å²) in [6.07, 6.45) is 4.20. The van der Waals surface area contributed by atoms with Gasteiger partial charge in [-0.3, -0.25) is 4.79 Å². The molecule has 1 aromatic heterocycles. The molecule has 2 rings (SSSR count). The van der Waals surface area contributed by atoms with Crippen LogP contribution in [0.25, 0.3) is 11.3 Å². The first-order valence-corrected chi connectivity index (χ1v) is 9.69. The molecule has 0 atom stereocenters. The highest BCUT2D eigenvalue weighted by atomic mass is 16.5. The maximum atomic E-state index is 11.6. The Labute approximate surface area is 161 Å². The normalized spacial score (nSPS) is 11.3. The third-order valence-electron chi connectivity index (χ3n) is 4.25. The lowest BCUT2D eigenvalue weighted by Crippen LogP contribution is -2.16. The molecule has 0 bridgehead atoms. The summed E-state index contributed by atoms with van der Waals surface area (Å²) < 4.78 is 13.0. The predicted molar refractivity (Wildman–Crippen MR) is 106 cm³/mol. The minimum atomic E-state index is -0.0153. The second-order valence-electron chi connectivity index (χ2n) is 7.45. The fourth-order valence-corrected chi connectivity index (χ4v) is 2.44. The molecule has 2 aromatic rings. The van der Waals surface area contributed by atoms with Crippen LogP contribution in [0.2, 0.25) is 0 Å². The lowest BCUT2D eigenvalue weighted by Gasteiger charge is -2.07. The number of aromatic nitrogens is 3. The van der Waals surface area contributed by atoms with Gasteiger partial charge in [-0.05, 0) is 43.0 Å². The summed E-state index contributed by atoms with van der Waals surface area (Å²) in [6, 6.07) is 7.54. The first-order chi connectivity index (χ1) is 13.0. The minimum Gasteiger partial charge on any atom is -0.486 e. The number of nitrogens with zero attached hydrogens (tertiary/aromatic N) is 3. The van der Waals surface area contributed by atoms with Crippen molar-refractivity contribution in [2.75, 3.05) is 19.8 Å². The van der Waals surface area contributed by atoms with E-state index in [9.17, 15) is 4.79 Å². The Morgan fingerprint density at radius 1 is 1.11 bits per heavy atom. The quantitative estimate of drug-likeness (QED) is 0.526. The van der Waals surface area contributed by atoms with Gasteiger partial charge >= 0.3 is 0 Å². The number of carbonyl (C=O) groups excluding carboxylic acids is 1. The van der Waals surface area contributed by atoms with E-state index in [4.69, 9.17) is 9.47 Å². The zero-order valence-corrected chi connectivity index (χ0v) is 16.9. The van der Waals surface area contributed by atoms with Gasteiger partial charge in [0, 0.05) is 18.1 Å². The van der Waals surface area contributed by atoms with E-state index in [0.29, 0.717) is 18.9 Å². The summed E-state index contributed by atoms with van der Waals surface area (Å²) in [5, 5.41) is 8.36. The average molecular weight is 373 g/mol. The van der Waals surface area contributed by atoms with Crippen LogP contribution in [0.3, 0.4) is 0 Å². The number of carbonyl (C=O) groups is 1. The molecular formula is C21H31N3O3. The molecule has 0 N–H and O–H groups in total. The molecule has 0 fully saturated rings. The van der Waals surface area contributed by atoms with E-state index in [1.807, 2.05) is 44.3 Å². The Balaban J connectivity index is 1.77. The lowest BCUT2D eigenvalue weighted by molar-refractivity contribution is -0.123. The lowest BCUT2D eigenvalue weighted by atomic mass is 10.1.